The first-order valence-electron chi connectivity index (χ1n) is 5.92. The Bertz CT molecular complexity index is 588. The number of amides is 1. The molecule has 0 fully saturated rings. The van der Waals surface area contributed by atoms with E-state index in [1.54, 1.807) is 20.0 Å². The van der Waals surface area contributed by atoms with Gasteiger partial charge in [-0.15, -0.1) is 0 Å². The summed E-state index contributed by atoms with van der Waals surface area (Å²) in [6.45, 7) is 4.01. The highest BCUT2D eigenvalue weighted by atomic mass is 19.1. The first-order valence-corrected chi connectivity index (χ1v) is 5.92. The fraction of sp³-hybridized carbons (Fsp3) is 0.286. The Kier molecular flexibility index (Phi) is 3.64. The van der Waals surface area contributed by atoms with Crippen LogP contribution in [0.2, 0.25) is 0 Å². The van der Waals surface area contributed by atoms with Crippen LogP contribution in [0.3, 0.4) is 0 Å². The number of benzene rings is 1. The van der Waals surface area contributed by atoms with Crippen molar-refractivity contribution in [2.75, 3.05) is 7.05 Å². The van der Waals surface area contributed by atoms with Gasteiger partial charge in [0.05, 0.1) is 12.2 Å². The first-order chi connectivity index (χ1) is 8.99. The minimum absolute atomic E-state index is 0.237. The van der Waals surface area contributed by atoms with Crippen LogP contribution in [0, 0.1) is 19.7 Å². The molecule has 0 saturated heterocycles. The predicted molar refractivity (Wildman–Crippen MR) is 68.2 cm³/mol. The summed E-state index contributed by atoms with van der Waals surface area (Å²) in [7, 11) is 1.67. The Balaban J connectivity index is 2.16. The zero-order chi connectivity index (χ0) is 14.0. The SMILES string of the molecule is Cc1noc(C)c1CN(C)C(=O)c1cccc(F)c1. The van der Waals surface area contributed by atoms with Gasteiger partial charge in [-0.25, -0.2) is 4.39 Å². The molecule has 0 aliphatic rings. The van der Waals surface area contributed by atoms with E-state index in [1.807, 2.05) is 6.92 Å². The lowest BCUT2D eigenvalue weighted by Gasteiger charge is -2.17. The topological polar surface area (TPSA) is 46.3 Å². The van der Waals surface area contributed by atoms with E-state index in [0.29, 0.717) is 17.9 Å². The summed E-state index contributed by atoms with van der Waals surface area (Å²) in [5.41, 5.74) is 1.97. The Morgan fingerprint density at radius 2 is 2.16 bits per heavy atom. The standard InChI is InChI=1S/C14H15FN2O2/c1-9-13(10(2)19-16-9)8-17(3)14(18)11-5-4-6-12(15)7-11/h4-7H,8H2,1-3H3. The minimum Gasteiger partial charge on any atom is -0.361 e. The Hall–Kier alpha value is -2.17. The first kappa shape index (κ1) is 13.3. The van der Waals surface area contributed by atoms with E-state index in [4.69, 9.17) is 4.52 Å². The fourth-order valence-electron chi connectivity index (χ4n) is 1.88. The molecular formula is C14H15FN2O2. The molecule has 1 amide bonds. The maximum atomic E-state index is 13.1. The average molecular weight is 262 g/mol. The molecule has 0 aliphatic heterocycles. The molecule has 0 atom stereocenters. The number of hydrogen-bond donors (Lipinski definition) is 0. The molecule has 1 heterocycles. The van der Waals surface area contributed by atoms with E-state index < -0.39 is 5.82 Å². The highest BCUT2D eigenvalue weighted by molar-refractivity contribution is 5.94. The third-order valence-electron chi connectivity index (χ3n) is 2.99. The Labute approximate surface area is 110 Å². The van der Waals surface area contributed by atoms with Crippen molar-refractivity contribution in [3.8, 4) is 0 Å². The number of aromatic nitrogens is 1. The van der Waals surface area contributed by atoms with E-state index in [-0.39, 0.29) is 5.91 Å². The number of hydrogen-bond acceptors (Lipinski definition) is 3. The number of aryl methyl sites for hydroxylation is 2. The monoisotopic (exact) mass is 262 g/mol. The van der Waals surface area contributed by atoms with Crippen molar-refractivity contribution in [3.05, 3.63) is 52.7 Å². The van der Waals surface area contributed by atoms with Crippen LogP contribution >= 0.6 is 0 Å². The minimum atomic E-state index is -0.420. The molecule has 0 radical (unpaired) electrons. The number of nitrogens with zero attached hydrogens (tertiary/aromatic N) is 2. The van der Waals surface area contributed by atoms with Crippen molar-refractivity contribution in [1.29, 1.82) is 0 Å². The van der Waals surface area contributed by atoms with Gasteiger partial charge in [0.25, 0.3) is 5.91 Å². The van der Waals surface area contributed by atoms with Crippen molar-refractivity contribution in [3.63, 3.8) is 0 Å². The van der Waals surface area contributed by atoms with Crippen LogP contribution in [0.1, 0.15) is 27.4 Å². The summed E-state index contributed by atoms with van der Waals surface area (Å²) < 4.78 is 18.2. The second-order valence-electron chi connectivity index (χ2n) is 4.47. The van der Waals surface area contributed by atoms with E-state index in [9.17, 15) is 9.18 Å². The molecule has 0 unspecified atom stereocenters. The molecule has 0 saturated carbocycles. The Morgan fingerprint density at radius 3 is 2.74 bits per heavy atom. The van der Waals surface area contributed by atoms with Gasteiger partial charge in [-0.2, -0.15) is 0 Å². The fourth-order valence-corrected chi connectivity index (χ4v) is 1.88. The van der Waals surface area contributed by atoms with Gasteiger partial charge in [0.1, 0.15) is 11.6 Å². The molecule has 0 spiro atoms. The average Bonchev–Trinajstić information content (AvgIpc) is 2.69. The number of carbonyl (C=O) groups is 1. The van der Waals surface area contributed by atoms with Gasteiger partial charge >= 0.3 is 0 Å². The molecule has 0 N–H and O–H groups in total. The van der Waals surface area contributed by atoms with Crippen molar-refractivity contribution in [2.24, 2.45) is 0 Å². The van der Waals surface area contributed by atoms with Crippen molar-refractivity contribution in [1.82, 2.24) is 10.1 Å². The molecule has 1 aromatic heterocycles. The maximum Gasteiger partial charge on any atom is 0.254 e. The molecule has 5 heteroatoms. The third-order valence-corrected chi connectivity index (χ3v) is 2.99. The van der Waals surface area contributed by atoms with Crippen LogP contribution in [-0.2, 0) is 6.54 Å². The maximum absolute atomic E-state index is 13.1. The molecule has 2 rings (SSSR count). The molecule has 4 nitrogen and oxygen atoms in total. The van der Waals surface area contributed by atoms with Gasteiger partial charge in [-0.1, -0.05) is 11.2 Å². The molecule has 0 bridgehead atoms. The van der Waals surface area contributed by atoms with Gasteiger partial charge < -0.3 is 9.42 Å². The molecule has 100 valence electrons. The van der Waals surface area contributed by atoms with E-state index in [0.717, 1.165) is 11.3 Å². The smallest absolute Gasteiger partial charge is 0.254 e. The van der Waals surface area contributed by atoms with Crippen molar-refractivity contribution < 1.29 is 13.7 Å². The lowest BCUT2D eigenvalue weighted by atomic mass is 10.1. The summed E-state index contributed by atoms with van der Waals surface area (Å²) in [6.07, 6.45) is 0. The van der Waals surface area contributed by atoms with Gasteiger partial charge in [-0.05, 0) is 32.0 Å². The predicted octanol–water partition coefficient (Wildman–Crippen LogP) is 2.70. The quantitative estimate of drug-likeness (QED) is 0.854. The highest BCUT2D eigenvalue weighted by Gasteiger charge is 2.17. The largest absolute Gasteiger partial charge is 0.361 e. The Morgan fingerprint density at radius 1 is 1.42 bits per heavy atom. The number of carbonyl (C=O) groups excluding carboxylic acids is 1. The van der Waals surface area contributed by atoms with Crippen LogP contribution in [0.25, 0.3) is 0 Å². The summed E-state index contributed by atoms with van der Waals surface area (Å²) in [4.78, 5) is 13.7. The van der Waals surface area contributed by atoms with Crippen LogP contribution in [-0.4, -0.2) is 23.0 Å². The van der Waals surface area contributed by atoms with Gasteiger partial charge in [0.15, 0.2) is 0 Å². The molecule has 2 aromatic rings. The number of halogens is 1. The second kappa shape index (κ2) is 5.22. The van der Waals surface area contributed by atoms with E-state index in [1.165, 1.54) is 23.1 Å². The summed E-state index contributed by atoms with van der Waals surface area (Å²) >= 11 is 0. The van der Waals surface area contributed by atoms with E-state index >= 15 is 0 Å². The van der Waals surface area contributed by atoms with Crippen molar-refractivity contribution in [2.45, 2.75) is 20.4 Å². The lowest BCUT2D eigenvalue weighted by Crippen LogP contribution is -2.26. The zero-order valence-electron chi connectivity index (χ0n) is 11.1. The molecular weight excluding hydrogens is 247 g/mol. The summed E-state index contributed by atoms with van der Waals surface area (Å²) in [5, 5.41) is 3.84. The van der Waals surface area contributed by atoms with Gasteiger partial charge in [0, 0.05) is 18.2 Å². The summed E-state index contributed by atoms with van der Waals surface area (Å²) in [6, 6.07) is 5.65. The normalized spacial score (nSPS) is 10.5. The molecule has 1 aromatic carbocycles. The highest BCUT2D eigenvalue weighted by Crippen LogP contribution is 2.16. The van der Waals surface area contributed by atoms with Crippen LogP contribution in [0.4, 0.5) is 4.39 Å². The lowest BCUT2D eigenvalue weighted by molar-refractivity contribution is 0.0784. The van der Waals surface area contributed by atoms with Crippen LogP contribution in [0.5, 0.6) is 0 Å². The summed E-state index contributed by atoms with van der Waals surface area (Å²) in [5.74, 6) is 0.0347. The van der Waals surface area contributed by atoms with E-state index in [2.05, 4.69) is 5.16 Å². The molecule has 19 heavy (non-hydrogen) atoms. The van der Waals surface area contributed by atoms with Crippen molar-refractivity contribution >= 4 is 5.91 Å². The number of rotatable bonds is 3. The van der Waals surface area contributed by atoms with Crippen LogP contribution < -0.4 is 0 Å². The van der Waals surface area contributed by atoms with Gasteiger partial charge in [0.2, 0.25) is 0 Å². The molecule has 0 aliphatic carbocycles. The second-order valence-corrected chi connectivity index (χ2v) is 4.47. The van der Waals surface area contributed by atoms with Gasteiger partial charge in [-0.3, -0.25) is 4.79 Å². The zero-order valence-corrected chi connectivity index (χ0v) is 11.1. The van der Waals surface area contributed by atoms with Crippen LogP contribution in [0.15, 0.2) is 28.8 Å². The third kappa shape index (κ3) is 2.81.